The Morgan fingerprint density at radius 1 is 1.14 bits per heavy atom. The summed E-state index contributed by atoms with van der Waals surface area (Å²) < 4.78 is 0. The first-order valence-electron chi connectivity index (χ1n) is 4.70. The van der Waals surface area contributed by atoms with Crippen LogP contribution < -0.4 is 0 Å². The number of hydrogen-bond acceptors (Lipinski definition) is 2. The van der Waals surface area contributed by atoms with Gasteiger partial charge in [-0.15, -0.1) is 0 Å². The molecule has 0 spiro atoms. The Labute approximate surface area is 83.4 Å². The molecule has 1 aliphatic carbocycles. The summed E-state index contributed by atoms with van der Waals surface area (Å²) >= 11 is 0. The van der Waals surface area contributed by atoms with E-state index in [1.54, 1.807) is 0 Å². The highest BCUT2D eigenvalue weighted by atomic mass is 14.5. The summed E-state index contributed by atoms with van der Waals surface area (Å²) in [5, 5.41) is 18.0. The molecule has 0 radical (unpaired) electrons. The third-order valence-corrected chi connectivity index (χ3v) is 3.02. The quantitative estimate of drug-likeness (QED) is 0.670. The van der Waals surface area contributed by atoms with Gasteiger partial charge in [0.1, 0.15) is 0 Å². The van der Waals surface area contributed by atoms with Crippen molar-refractivity contribution in [2.75, 3.05) is 0 Å². The van der Waals surface area contributed by atoms with Crippen LogP contribution in [0, 0.1) is 28.1 Å². The van der Waals surface area contributed by atoms with Gasteiger partial charge < -0.3 is 0 Å². The van der Waals surface area contributed by atoms with Crippen molar-refractivity contribution in [2.45, 2.75) is 18.8 Å². The van der Waals surface area contributed by atoms with Crippen molar-refractivity contribution in [1.29, 1.82) is 10.5 Å². The van der Waals surface area contributed by atoms with Crippen LogP contribution in [0.15, 0.2) is 30.3 Å². The van der Waals surface area contributed by atoms with Crippen LogP contribution in [0.1, 0.15) is 24.3 Å². The molecule has 1 saturated carbocycles. The molecule has 0 bridgehead atoms. The molecule has 0 amide bonds. The molecule has 1 atom stereocenters. The van der Waals surface area contributed by atoms with E-state index < -0.39 is 5.41 Å². The van der Waals surface area contributed by atoms with E-state index in [1.807, 2.05) is 30.3 Å². The van der Waals surface area contributed by atoms with Crippen molar-refractivity contribution in [1.82, 2.24) is 0 Å². The van der Waals surface area contributed by atoms with Gasteiger partial charge >= 0.3 is 0 Å². The minimum Gasteiger partial charge on any atom is -0.197 e. The molecule has 0 aromatic heterocycles. The fourth-order valence-electron chi connectivity index (χ4n) is 2.01. The molecule has 0 heterocycles. The number of hydrogen-bond donors (Lipinski definition) is 0. The van der Waals surface area contributed by atoms with Gasteiger partial charge in [-0.3, -0.25) is 0 Å². The summed E-state index contributed by atoms with van der Waals surface area (Å²) in [4.78, 5) is 0. The monoisotopic (exact) mass is 182 g/mol. The molecule has 2 heteroatoms. The third-order valence-electron chi connectivity index (χ3n) is 3.02. The number of rotatable bonds is 1. The van der Waals surface area contributed by atoms with Gasteiger partial charge in [-0.25, -0.2) is 0 Å². The fraction of sp³-hybridized carbons (Fsp3) is 0.333. The normalized spacial score (nSPS) is 22.9. The second kappa shape index (κ2) is 3.16. The van der Waals surface area contributed by atoms with E-state index in [0.29, 0.717) is 6.42 Å². The highest BCUT2D eigenvalue weighted by Crippen LogP contribution is 2.51. The maximum atomic E-state index is 9.00. The van der Waals surface area contributed by atoms with Crippen LogP contribution >= 0.6 is 0 Å². The summed E-state index contributed by atoms with van der Waals surface area (Å²) in [6.45, 7) is 0. The van der Waals surface area contributed by atoms with Gasteiger partial charge in [0.15, 0.2) is 5.41 Å². The standard InChI is InChI=1S/C12H10N2/c13-8-12(9-14)7-6-11(12)10-4-2-1-3-5-10/h1-5,11H,6-7H2. The number of benzene rings is 1. The molecule has 2 nitrogen and oxygen atoms in total. The Hall–Kier alpha value is -1.80. The molecular formula is C12H10N2. The van der Waals surface area contributed by atoms with E-state index >= 15 is 0 Å². The van der Waals surface area contributed by atoms with E-state index in [4.69, 9.17) is 10.5 Å². The van der Waals surface area contributed by atoms with Crippen LogP contribution in [0.3, 0.4) is 0 Å². The molecule has 1 unspecified atom stereocenters. The maximum Gasteiger partial charge on any atom is 0.150 e. The molecular weight excluding hydrogens is 172 g/mol. The van der Waals surface area contributed by atoms with Crippen LogP contribution in [-0.4, -0.2) is 0 Å². The lowest BCUT2D eigenvalue weighted by molar-refractivity contribution is 0.236. The van der Waals surface area contributed by atoms with E-state index in [0.717, 1.165) is 12.0 Å². The number of nitrogens with zero attached hydrogens (tertiary/aromatic N) is 2. The van der Waals surface area contributed by atoms with Crippen molar-refractivity contribution in [2.24, 2.45) is 5.41 Å². The van der Waals surface area contributed by atoms with Gasteiger partial charge in [-0.1, -0.05) is 30.3 Å². The summed E-state index contributed by atoms with van der Waals surface area (Å²) in [5.74, 6) is 0.110. The minimum atomic E-state index is -0.763. The molecule has 1 aromatic carbocycles. The second-order valence-corrected chi connectivity index (χ2v) is 3.70. The lowest BCUT2D eigenvalue weighted by Crippen LogP contribution is -2.35. The molecule has 1 fully saturated rings. The predicted molar refractivity (Wildman–Crippen MR) is 52.1 cm³/mol. The zero-order valence-electron chi connectivity index (χ0n) is 7.77. The van der Waals surface area contributed by atoms with E-state index in [9.17, 15) is 0 Å². The van der Waals surface area contributed by atoms with Gasteiger partial charge in [-0.2, -0.15) is 10.5 Å². The Kier molecular flexibility index (Phi) is 1.98. The Balaban J connectivity index is 2.32. The first kappa shape index (κ1) is 8.78. The van der Waals surface area contributed by atoms with Crippen LogP contribution in [-0.2, 0) is 0 Å². The zero-order valence-corrected chi connectivity index (χ0v) is 7.77. The first-order valence-corrected chi connectivity index (χ1v) is 4.70. The van der Waals surface area contributed by atoms with Gasteiger partial charge in [-0.05, 0) is 18.4 Å². The molecule has 0 aliphatic heterocycles. The molecule has 14 heavy (non-hydrogen) atoms. The van der Waals surface area contributed by atoms with Crippen molar-refractivity contribution < 1.29 is 0 Å². The largest absolute Gasteiger partial charge is 0.197 e. The van der Waals surface area contributed by atoms with Gasteiger partial charge in [0.05, 0.1) is 12.1 Å². The predicted octanol–water partition coefficient (Wildman–Crippen LogP) is 2.60. The lowest BCUT2D eigenvalue weighted by atomic mass is 9.59. The Morgan fingerprint density at radius 2 is 1.79 bits per heavy atom. The second-order valence-electron chi connectivity index (χ2n) is 3.70. The average Bonchev–Trinajstić information content (AvgIpc) is 2.20. The smallest absolute Gasteiger partial charge is 0.150 e. The van der Waals surface area contributed by atoms with Crippen molar-refractivity contribution in [3.63, 3.8) is 0 Å². The molecule has 0 saturated heterocycles. The van der Waals surface area contributed by atoms with E-state index in [-0.39, 0.29) is 5.92 Å². The van der Waals surface area contributed by atoms with Crippen LogP contribution in [0.25, 0.3) is 0 Å². The van der Waals surface area contributed by atoms with Gasteiger partial charge in [0.25, 0.3) is 0 Å². The molecule has 0 N–H and O–H groups in total. The molecule has 2 rings (SSSR count). The van der Waals surface area contributed by atoms with Crippen LogP contribution in [0.5, 0.6) is 0 Å². The highest BCUT2D eigenvalue weighted by Gasteiger charge is 2.48. The maximum absolute atomic E-state index is 9.00. The summed E-state index contributed by atoms with van der Waals surface area (Å²) in [7, 11) is 0. The lowest BCUT2D eigenvalue weighted by Gasteiger charge is -2.39. The Morgan fingerprint density at radius 3 is 2.21 bits per heavy atom. The first-order chi connectivity index (χ1) is 6.82. The number of nitriles is 2. The average molecular weight is 182 g/mol. The topological polar surface area (TPSA) is 47.6 Å². The zero-order chi connectivity index (χ0) is 10.0. The molecule has 1 aromatic rings. The van der Waals surface area contributed by atoms with Crippen LogP contribution in [0.4, 0.5) is 0 Å². The van der Waals surface area contributed by atoms with E-state index in [2.05, 4.69) is 12.1 Å². The van der Waals surface area contributed by atoms with Crippen LogP contribution in [0.2, 0.25) is 0 Å². The van der Waals surface area contributed by atoms with Gasteiger partial charge in [0.2, 0.25) is 0 Å². The highest BCUT2D eigenvalue weighted by molar-refractivity contribution is 5.34. The van der Waals surface area contributed by atoms with Gasteiger partial charge in [0, 0.05) is 5.92 Å². The molecule has 1 aliphatic rings. The molecule has 68 valence electrons. The Bertz CT molecular complexity index is 394. The fourth-order valence-corrected chi connectivity index (χ4v) is 2.01. The summed E-state index contributed by atoms with van der Waals surface area (Å²) in [5.41, 5.74) is 0.350. The van der Waals surface area contributed by atoms with E-state index in [1.165, 1.54) is 0 Å². The third kappa shape index (κ3) is 1.09. The summed E-state index contributed by atoms with van der Waals surface area (Å²) in [6, 6.07) is 14.1. The van der Waals surface area contributed by atoms with Crippen molar-refractivity contribution >= 4 is 0 Å². The minimum absolute atomic E-state index is 0.110. The SMILES string of the molecule is N#CC1(C#N)CCC1c1ccccc1. The summed E-state index contributed by atoms with van der Waals surface area (Å²) in [6.07, 6.45) is 1.66. The van der Waals surface area contributed by atoms with Crippen molar-refractivity contribution in [3.05, 3.63) is 35.9 Å². The van der Waals surface area contributed by atoms with Crippen molar-refractivity contribution in [3.8, 4) is 12.1 Å².